The van der Waals surface area contributed by atoms with Crippen LogP contribution in [0.5, 0.6) is 0 Å². The van der Waals surface area contributed by atoms with Crippen molar-refractivity contribution in [2.24, 2.45) is 0 Å². The molecule has 0 atom stereocenters. The molecule has 0 unspecified atom stereocenters. The maximum atomic E-state index is 5.86. The summed E-state index contributed by atoms with van der Waals surface area (Å²) in [5.41, 5.74) is 1.05. The van der Waals surface area contributed by atoms with Gasteiger partial charge >= 0.3 is 0 Å². The molecule has 0 aromatic carbocycles. The van der Waals surface area contributed by atoms with Gasteiger partial charge in [0.05, 0.1) is 15.7 Å². The zero-order chi connectivity index (χ0) is 9.52. The molecule has 0 aliphatic rings. The third-order valence-corrected chi connectivity index (χ3v) is 3.08. The van der Waals surface area contributed by atoms with Crippen LogP contribution in [0.15, 0.2) is 4.47 Å². The highest BCUT2D eigenvalue weighted by molar-refractivity contribution is 9.10. The fourth-order valence-electron chi connectivity index (χ4n) is 1.10. The zero-order valence-electron chi connectivity index (χ0n) is 7.65. The van der Waals surface area contributed by atoms with Crippen molar-refractivity contribution < 1.29 is 0 Å². The van der Waals surface area contributed by atoms with Crippen LogP contribution in [0.2, 0.25) is 5.15 Å². The van der Waals surface area contributed by atoms with Gasteiger partial charge in [0.2, 0.25) is 0 Å². The van der Waals surface area contributed by atoms with Crippen LogP contribution in [0.3, 0.4) is 0 Å². The minimum Gasteiger partial charge on any atom is -0.262 e. The summed E-state index contributed by atoms with van der Waals surface area (Å²) in [5.74, 6) is 0. The molecule has 0 N–H and O–H groups in total. The Labute approximate surface area is 86.0 Å². The second-order valence-electron chi connectivity index (χ2n) is 3.77. The summed E-state index contributed by atoms with van der Waals surface area (Å²) < 4.78 is 2.80. The molecule has 0 saturated heterocycles. The van der Waals surface area contributed by atoms with Crippen molar-refractivity contribution in [3.63, 3.8) is 0 Å². The zero-order valence-corrected chi connectivity index (χ0v) is 9.99. The van der Waals surface area contributed by atoms with Gasteiger partial charge in [-0.1, -0.05) is 11.6 Å². The molecule has 0 bridgehead atoms. The van der Waals surface area contributed by atoms with Gasteiger partial charge < -0.3 is 0 Å². The molecule has 2 nitrogen and oxygen atoms in total. The van der Waals surface area contributed by atoms with Gasteiger partial charge in [0.1, 0.15) is 0 Å². The first-order valence-electron chi connectivity index (χ1n) is 3.75. The molecular weight excluding hydrogens is 239 g/mol. The van der Waals surface area contributed by atoms with Gasteiger partial charge in [-0.05, 0) is 43.6 Å². The standard InChI is InChI=1S/C8H12BrClN2/c1-5-6(9)7(10)11-12(5)8(2,3)4/h1-4H3. The van der Waals surface area contributed by atoms with Crippen LogP contribution in [0.4, 0.5) is 0 Å². The second-order valence-corrected chi connectivity index (χ2v) is 4.92. The number of hydrogen-bond acceptors (Lipinski definition) is 1. The molecule has 68 valence electrons. The van der Waals surface area contributed by atoms with E-state index in [1.165, 1.54) is 0 Å². The average molecular weight is 252 g/mol. The highest BCUT2D eigenvalue weighted by Crippen LogP contribution is 2.28. The summed E-state index contributed by atoms with van der Waals surface area (Å²) in [6.07, 6.45) is 0. The third kappa shape index (κ3) is 1.67. The largest absolute Gasteiger partial charge is 0.262 e. The molecular formula is C8H12BrClN2. The number of halogens is 2. The molecule has 0 radical (unpaired) electrons. The molecule has 0 aliphatic carbocycles. The van der Waals surface area contributed by atoms with Crippen molar-refractivity contribution in [2.45, 2.75) is 33.2 Å². The Morgan fingerprint density at radius 2 is 1.92 bits per heavy atom. The Hall–Kier alpha value is -0.0200. The van der Waals surface area contributed by atoms with E-state index in [1.807, 2.05) is 11.6 Å². The van der Waals surface area contributed by atoms with Gasteiger partial charge in [-0.3, -0.25) is 4.68 Å². The monoisotopic (exact) mass is 250 g/mol. The summed E-state index contributed by atoms with van der Waals surface area (Å²) in [6.45, 7) is 8.27. The summed E-state index contributed by atoms with van der Waals surface area (Å²) >= 11 is 9.24. The highest BCUT2D eigenvalue weighted by Gasteiger charge is 2.20. The van der Waals surface area contributed by atoms with Crippen LogP contribution in [0, 0.1) is 6.92 Å². The van der Waals surface area contributed by atoms with Crippen LogP contribution in [-0.2, 0) is 5.54 Å². The number of aromatic nitrogens is 2. The topological polar surface area (TPSA) is 17.8 Å². The smallest absolute Gasteiger partial charge is 0.165 e. The van der Waals surface area contributed by atoms with Crippen LogP contribution in [0.1, 0.15) is 26.5 Å². The highest BCUT2D eigenvalue weighted by atomic mass is 79.9. The van der Waals surface area contributed by atoms with Crippen molar-refractivity contribution in [3.05, 3.63) is 15.3 Å². The maximum absolute atomic E-state index is 5.86. The Balaban J connectivity index is 3.28. The Bertz CT molecular complexity index is 299. The van der Waals surface area contributed by atoms with E-state index in [2.05, 4.69) is 41.8 Å². The van der Waals surface area contributed by atoms with E-state index in [0.29, 0.717) is 5.15 Å². The van der Waals surface area contributed by atoms with Crippen molar-refractivity contribution in [2.75, 3.05) is 0 Å². The summed E-state index contributed by atoms with van der Waals surface area (Å²) in [4.78, 5) is 0. The molecule has 0 saturated carbocycles. The first kappa shape index (κ1) is 10.1. The normalized spacial score (nSPS) is 12.2. The summed E-state index contributed by atoms with van der Waals surface area (Å²) in [5, 5.41) is 4.75. The van der Waals surface area contributed by atoms with Gasteiger partial charge in [-0.15, -0.1) is 0 Å². The van der Waals surface area contributed by atoms with Crippen molar-refractivity contribution in [1.29, 1.82) is 0 Å². The molecule has 1 heterocycles. The van der Waals surface area contributed by atoms with Gasteiger partial charge in [0.15, 0.2) is 5.15 Å². The Kier molecular flexibility index (Phi) is 2.55. The number of nitrogens with zero attached hydrogens (tertiary/aromatic N) is 2. The molecule has 1 rings (SSSR count). The molecule has 12 heavy (non-hydrogen) atoms. The predicted molar refractivity (Wildman–Crippen MR) is 54.7 cm³/mol. The van der Waals surface area contributed by atoms with E-state index < -0.39 is 0 Å². The Morgan fingerprint density at radius 1 is 1.42 bits per heavy atom. The van der Waals surface area contributed by atoms with Gasteiger partial charge in [-0.2, -0.15) is 5.10 Å². The van der Waals surface area contributed by atoms with Crippen molar-refractivity contribution in [1.82, 2.24) is 9.78 Å². The Morgan fingerprint density at radius 3 is 2.08 bits per heavy atom. The van der Waals surface area contributed by atoms with Crippen molar-refractivity contribution in [3.8, 4) is 0 Å². The maximum Gasteiger partial charge on any atom is 0.165 e. The minimum absolute atomic E-state index is 0.0141. The first-order valence-corrected chi connectivity index (χ1v) is 4.92. The van der Waals surface area contributed by atoms with Gasteiger partial charge in [0, 0.05) is 0 Å². The summed E-state index contributed by atoms with van der Waals surface area (Å²) in [7, 11) is 0. The first-order chi connectivity index (χ1) is 5.34. The van der Waals surface area contributed by atoms with Gasteiger partial charge in [0.25, 0.3) is 0 Å². The van der Waals surface area contributed by atoms with Crippen LogP contribution in [0.25, 0.3) is 0 Å². The lowest BCUT2D eigenvalue weighted by atomic mass is 10.1. The van der Waals surface area contributed by atoms with E-state index >= 15 is 0 Å². The molecule has 4 heteroatoms. The lowest BCUT2D eigenvalue weighted by Gasteiger charge is -2.20. The average Bonchev–Trinajstić information content (AvgIpc) is 2.15. The minimum atomic E-state index is -0.0141. The number of hydrogen-bond donors (Lipinski definition) is 0. The van der Waals surface area contributed by atoms with Gasteiger partial charge in [-0.25, -0.2) is 0 Å². The molecule has 0 spiro atoms. The quantitative estimate of drug-likeness (QED) is 0.691. The SMILES string of the molecule is Cc1c(Br)c(Cl)nn1C(C)(C)C. The van der Waals surface area contributed by atoms with E-state index in [9.17, 15) is 0 Å². The summed E-state index contributed by atoms with van der Waals surface area (Å²) in [6, 6.07) is 0. The number of rotatable bonds is 0. The molecule has 0 fully saturated rings. The van der Waals surface area contributed by atoms with Crippen LogP contribution >= 0.6 is 27.5 Å². The molecule has 0 amide bonds. The third-order valence-electron chi connectivity index (χ3n) is 1.64. The van der Waals surface area contributed by atoms with E-state index in [1.54, 1.807) is 0 Å². The molecule has 1 aromatic heterocycles. The van der Waals surface area contributed by atoms with E-state index in [4.69, 9.17) is 11.6 Å². The fraction of sp³-hybridized carbons (Fsp3) is 0.625. The lowest BCUT2D eigenvalue weighted by molar-refractivity contribution is 0.348. The predicted octanol–water partition coefficient (Wildman–Crippen LogP) is 3.36. The van der Waals surface area contributed by atoms with E-state index in [0.717, 1.165) is 10.2 Å². The second kappa shape index (κ2) is 3.04. The van der Waals surface area contributed by atoms with Crippen LogP contribution in [-0.4, -0.2) is 9.78 Å². The van der Waals surface area contributed by atoms with E-state index in [-0.39, 0.29) is 5.54 Å². The molecule has 1 aromatic rings. The van der Waals surface area contributed by atoms with Crippen molar-refractivity contribution >= 4 is 27.5 Å². The van der Waals surface area contributed by atoms with Crippen LogP contribution < -0.4 is 0 Å². The molecule has 0 aliphatic heterocycles. The fourth-order valence-corrected chi connectivity index (χ4v) is 1.56. The lowest BCUT2D eigenvalue weighted by Crippen LogP contribution is -2.24.